The average Bonchev–Trinajstić information content (AvgIpc) is 2.71. The van der Waals surface area contributed by atoms with Crippen LogP contribution in [0.4, 0.5) is 9.59 Å². The Bertz CT molecular complexity index is 284. The molecule has 15 heavy (non-hydrogen) atoms. The first-order valence-corrected chi connectivity index (χ1v) is 4.56. The molecular weight excluding hydrogens is 208 g/mol. The summed E-state index contributed by atoms with van der Waals surface area (Å²) in [7, 11) is 0. The lowest BCUT2D eigenvalue weighted by molar-refractivity contribution is -0.0590. The summed E-state index contributed by atoms with van der Waals surface area (Å²) in [4.78, 5) is 22.0. The van der Waals surface area contributed by atoms with E-state index in [1.54, 1.807) is 0 Å². The van der Waals surface area contributed by atoms with E-state index in [9.17, 15) is 9.59 Å². The van der Waals surface area contributed by atoms with Crippen molar-refractivity contribution < 1.29 is 33.3 Å². The smallest absolute Gasteiger partial charge is 0.425 e. The Labute approximate surface area is 84.2 Å². The van der Waals surface area contributed by atoms with Crippen molar-refractivity contribution in [2.24, 2.45) is 0 Å². The fourth-order valence-electron chi connectivity index (χ4n) is 1.99. The van der Waals surface area contributed by atoms with Crippen LogP contribution in [0, 0.1) is 0 Å². The molecule has 0 aromatic rings. The minimum atomic E-state index is -1.08. The van der Waals surface area contributed by atoms with Crippen molar-refractivity contribution in [3.8, 4) is 0 Å². The van der Waals surface area contributed by atoms with Crippen LogP contribution in [0.5, 0.6) is 0 Å². The van der Waals surface area contributed by atoms with E-state index in [1.807, 2.05) is 0 Å². The molecular formula is C8H8O7. The van der Waals surface area contributed by atoms with Crippen LogP contribution in [0.15, 0.2) is 0 Å². The fraction of sp³-hybridized carbons (Fsp3) is 0.750. The standard InChI is InChI=1S/C8H8O7/c9-7-13-3-1-11-6-4(2-12-5(3)6)14-8(10)15-7/h3-6H,1-2H2/t3-,4-,5+,6+/m0/s1. The van der Waals surface area contributed by atoms with Gasteiger partial charge in [0.15, 0.2) is 12.2 Å². The molecule has 3 heterocycles. The Hall–Kier alpha value is -1.34. The van der Waals surface area contributed by atoms with E-state index >= 15 is 0 Å². The SMILES string of the molecule is O=C1OC(=O)O[C@H]2CO[C@H]3[C@@H]2OC[C@@H]3O1. The molecule has 4 atom stereocenters. The van der Waals surface area contributed by atoms with Gasteiger partial charge in [-0.15, -0.1) is 0 Å². The number of cyclic esters (lactones) is 2. The number of rotatable bonds is 0. The Morgan fingerprint density at radius 3 is 1.80 bits per heavy atom. The summed E-state index contributed by atoms with van der Waals surface area (Å²) in [5, 5.41) is 0. The fourth-order valence-corrected chi connectivity index (χ4v) is 1.99. The average molecular weight is 216 g/mol. The molecule has 7 nitrogen and oxygen atoms in total. The summed E-state index contributed by atoms with van der Waals surface area (Å²) >= 11 is 0. The van der Waals surface area contributed by atoms with Gasteiger partial charge < -0.3 is 23.7 Å². The van der Waals surface area contributed by atoms with E-state index in [2.05, 4.69) is 4.74 Å². The third-order valence-electron chi connectivity index (χ3n) is 2.62. The molecule has 0 spiro atoms. The molecule has 0 saturated carbocycles. The summed E-state index contributed by atoms with van der Waals surface area (Å²) in [6.45, 7) is 0.469. The third-order valence-corrected chi connectivity index (χ3v) is 2.62. The highest BCUT2D eigenvalue weighted by Crippen LogP contribution is 2.31. The molecule has 3 aliphatic rings. The molecule has 3 aliphatic heterocycles. The Kier molecular flexibility index (Phi) is 1.83. The van der Waals surface area contributed by atoms with Crippen molar-refractivity contribution in [1.82, 2.24) is 0 Å². The maximum Gasteiger partial charge on any atom is 0.519 e. The zero-order valence-electron chi connectivity index (χ0n) is 7.58. The molecule has 0 radical (unpaired) electrons. The van der Waals surface area contributed by atoms with Crippen LogP contribution in [0.25, 0.3) is 0 Å². The number of hydrogen-bond acceptors (Lipinski definition) is 7. The van der Waals surface area contributed by atoms with Crippen molar-refractivity contribution in [3.63, 3.8) is 0 Å². The molecule has 3 saturated heterocycles. The summed E-state index contributed by atoms with van der Waals surface area (Å²) < 4.78 is 24.6. The maximum absolute atomic E-state index is 11.0. The zero-order valence-corrected chi connectivity index (χ0v) is 7.58. The van der Waals surface area contributed by atoms with E-state index in [0.717, 1.165) is 0 Å². The molecule has 0 aromatic carbocycles. The first-order valence-electron chi connectivity index (χ1n) is 4.56. The van der Waals surface area contributed by atoms with Crippen LogP contribution in [-0.4, -0.2) is 49.9 Å². The van der Waals surface area contributed by atoms with Gasteiger partial charge in [-0.25, -0.2) is 9.59 Å². The van der Waals surface area contributed by atoms with Crippen LogP contribution in [-0.2, 0) is 23.7 Å². The lowest BCUT2D eigenvalue weighted by atomic mass is 10.1. The van der Waals surface area contributed by atoms with Crippen molar-refractivity contribution in [1.29, 1.82) is 0 Å². The normalized spacial score (nSPS) is 43.5. The summed E-state index contributed by atoms with van der Waals surface area (Å²) in [6.07, 6.45) is -3.94. The van der Waals surface area contributed by atoms with Crippen LogP contribution >= 0.6 is 0 Å². The number of hydrogen-bond donors (Lipinski definition) is 0. The Morgan fingerprint density at radius 2 is 1.33 bits per heavy atom. The predicted octanol–water partition coefficient (Wildman–Crippen LogP) is -0.175. The molecule has 3 fully saturated rings. The summed E-state index contributed by atoms with van der Waals surface area (Å²) in [5.74, 6) is 0. The second kappa shape index (κ2) is 3.07. The molecule has 0 N–H and O–H groups in total. The van der Waals surface area contributed by atoms with E-state index in [-0.39, 0.29) is 25.4 Å². The first-order chi connectivity index (χ1) is 7.24. The summed E-state index contributed by atoms with van der Waals surface area (Å²) in [5.41, 5.74) is 0. The van der Waals surface area contributed by atoms with Gasteiger partial charge in [0, 0.05) is 0 Å². The van der Waals surface area contributed by atoms with Crippen LogP contribution in [0.1, 0.15) is 0 Å². The molecule has 0 aliphatic carbocycles. The minimum Gasteiger partial charge on any atom is -0.425 e. The van der Waals surface area contributed by atoms with E-state index < -0.39 is 24.5 Å². The Morgan fingerprint density at radius 1 is 0.867 bits per heavy atom. The number of ether oxygens (including phenoxy) is 5. The monoisotopic (exact) mass is 216 g/mol. The van der Waals surface area contributed by atoms with Gasteiger partial charge in [0.25, 0.3) is 0 Å². The van der Waals surface area contributed by atoms with Crippen LogP contribution in [0.2, 0.25) is 0 Å². The third kappa shape index (κ3) is 1.35. The van der Waals surface area contributed by atoms with Crippen LogP contribution in [0.3, 0.4) is 0 Å². The van der Waals surface area contributed by atoms with Gasteiger partial charge in [-0.1, -0.05) is 0 Å². The molecule has 7 heteroatoms. The van der Waals surface area contributed by atoms with Crippen molar-refractivity contribution in [2.75, 3.05) is 13.2 Å². The molecule has 82 valence electrons. The highest BCUT2D eigenvalue weighted by molar-refractivity contribution is 5.77. The summed E-state index contributed by atoms with van der Waals surface area (Å²) in [6, 6.07) is 0. The maximum atomic E-state index is 11.0. The van der Waals surface area contributed by atoms with Gasteiger partial charge in [0.1, 0.15) is 12.2 Å². The number of carbonyl (C=O) groups excluding carboxylic acids is 2. The van der Waals surface area contributed by atoms with Crippen molar-refractivity contribution >= 4 is 12.3 Å². The Balaban J connectivity index is 1.88. The highest BCUT2D eigenvalue weighted by Gasteiger charge is 2.52. The van der Waals surface area contributed by atoms with E-state index in [0.29, 0.717) is 0 Å². The van der Waals surface area contributed by atoms with Gasteiger partial charge >= 0.3 is 12.3 Å². The minimum absolute atomic E-state index is 0.235. The lowest BCUT2D eigenvalue weighted by Crippen LogP contribution is -2.33. The van der Waals surface area contributed by atoms with E-state index in [1.165, 1.54) is 0 Å². The van der Waals surface area contributed by atoms with Crippen LogP contribution < -0.4 is 0 Å². The highest BCUT2D eigenvalue weighted by atomic mass is 16.8. The van der Waals surface area contributed by atoms with Gasteiger partial charge in [-0.3, -0.25) is 0 Å². The van der Waals surface area contributed by atoms with Gasteiger partial charge in [-0.2, -0.15) is 0 Å². The predicted molar refractivity (Wildman–Crippen MR) is 41.1 cm³/mol. The van der Waals surface area contributed by atoms with Gasteiger partial charge in [-0.05, 0) is 0 Å². The largest absolute Gasteiger partial charge is 0.519 e. The zero-order chi connectivity index (χ0) is 10.4. The molecule has 4 bridgehead atoms. The molecule has 0 aromatic heterocycles. The molecule has 0 amide bonds. The van der Waals surface area contributed by atoms with Gasteiger partial charge in [0.05, 0.1) is 13.2 Å². The van der Waals surface area contributed by atoms with Gasteiger partial charge in [0.2, 0.25) is 0 Å². The first kappa shape index (κ1) is 8.93. The second-order valence-electron chi connectivity index (χ2n) is 3.51. The van der Waals surface area contributed by atoms with Crippen molar-refractivity contribution in [3.05, 3.63) is 0 Å². The van der Waals surface area contributed by atoms with E-state index in [4.69, 9.17) is 18.9 Å². The van der Waals surface area contributed by atoms with Crippen molar-refractivity contribution in [2.45, 2.75) is 24.4 Å². The lowest BCUT2D eigenvalue weighted by Gasteiger charge is -2.16. The molecule has 0 unspecified atom stereocenters. The second-order valence-corrected chi connectivity index (χ2v) is 3.51. The number of carbonyl (C=O) groups is 2. The topological polar surface area (TPSA) is 80.3 Å². The molecule has 3 rings (SSSR count). The quantitative estimate of drug-likeness (QED) is 0.410.